The van der Waals surface area contributed by atoms with Crippen LogP contribution in [-0.2, 0) is 19.1 Å². The van der Waals surface area contributed by atoms with E-state index in [1.165, 1.54) is 63.4 Å². The van der Waals surface area contributed by atoms with E-state index in [-0.39, 0.29) is 23.5 Å². The van der Waals surface area contributed by atoms with Gasteiger partial charge in [-0.25, -0.2) is 0 Å². The molecule has 4 nitrogen and oxygen atoms in total. The summed E-state index contributed by atoms with van der Waals surface area (Å²) in [6.45, 7) is 20.7. The van der Waals surface area contributed by atoms with Gasteiger partial charge in [0.25, 0.3) is 0 Å². The Hall–Kier alpha value is -1.32. The van der Waals surface area contributed by atoms with E-state index in [2.05, 4.69) is 41.2 Å². The van der Waals surface area contributed by atoms with Crippen molar-refractivity contribution >= 4 is 11.9 Å². The van der Waals surface area contributed by atoms with Crippen molar-refractivity contribution < 1.29 is 19.1 Å². The monoisotopic (exact) mass is 512 g/mol. The highest BCUT2D eigenvalue weighted by molar-refractivity contribution is 5.66. The van der Waals surface area contributed by atoms with Crippen LogP contribution in [0.2, 0.25) is 0 Å². The summed E-state index contributed by atoms with van der Waals surface area (Å²) in [6, 6.07) is 0. The average molecular weight is 513 g/mol. The SMILES string of the molecule is C=C(C)[C@@H]1CC[C@]2(COC(C)=O)CC[C@]3(C)[C@H](CC[C@@H]4[C@@]5(C)CC[C@H](OC(C)=O)[C@H](C)[C@@H]5CC[C@]43C)[C@@H]12. The molecule has 37 heavy (non-hydrogen) atoms. The molecule has 11 atom stereocenters. The van der Waals surface area contributed by atoms with Crippen molar-refractivity contribution in [3.63, 3.8) is 0 Å². The molecule has 5 rings (SSSR count). The fourth-order valence-electron chi connectivity index (χ4n) is 11.8. The fraction of sp³-hybridized carbons (Fsp3) is 0.879. The van der Waals surface area contributed by atoms with Gasteiger partial charge in [-0.15, -0.1) is 0 Å². The minimum atomic E-state index is -0.138. The molecule has 0 heterocycles. The van der Waals surface area contributed by atoms with Crippen molar-refractivity contribution in [1.82, 2.24) is 0 Å². The highest BCUT2D eigenvalue weighted by Gasteiger charge is 2.70. The Morgan fingerprint density at radius 1 is 0.811 bits per heavy atom. The standard InChI is InChI=1S/C33H52O4/c1-20(2)24-11-16-33(19-36-22(4)34)18-17-31(7)26(29(24)33)9-10-28-30(6)14-13-27(37-23(5)35)21(3)25(30)12-15-32(28,31)8/h21,24-29H,1,9-19H2,2-8H3/t21-,24+,25+,26-,27+,28-,29-,30+,31-,32-,33-/m1/s1. The largest absolute Gasteiger partial charge is 0.465 e. The molecular formula is C33H52O4. The fourth-order valence-corrected chi connectivity index (χ4v) is 11.8. The van der Waals surface area contributed by atoms with Gasteiger partial charge in [0.1, 0.15) is 6.10 Å². The summed E-state index contributed by atoms with van der Waals surface area (Å²) < 4.78 is 11.6. The topological polar surface area (TPSA) is 52.6 Å². The summed E-state index contributed by atoms with van der Waals surface area (Å²) in [5.41, 5.74) is 2.37. The van der Waals surface area contributed by atoms with Crippen molar-refractivity contribution in [2.24, 2.45) is 57.2 Å². The number of rotatable bonds is 4. The van der Waals surface area contributed by atoms with Gasteiger partial charge in [-0.1, -0.05) is 39.8 Å². The molecule has 0 spiro atoms. The van der Waals surface area contributed by atoms with E-state index >= 15 is 0 Å². The maximum Gasteiger partial charge on any atom is 0.302 e. The van der Waals surface area contributed by atoms with Gasteiger partial charge in [-0.2, -0.15) is 0 Å². The molecule has 0 aromatic heterocycles. The second kappa shape index (κ2) is 9.12. The zero-order chi connectivity index (χ0) is 27.0. The van der Waals surface area contributed by atoms with Crippen LogP contribution >= 0.6 is 0 Å². The predicted octanol–water partition coefficient (Wildman–Crippen LogP) is 7.75. The van der Waals surface area contributed by atoms with Crippen LogP contribution in [0.4, 0.5) is 0 Å². The Labute approximate surface area is 225 Å². The van der Waals surface area contributed by atoms with Crippen molar-refractivity contribution in [3.05, 3.63) is 12.2 Å². The van der Waals surface area contributed by atoms with Crippen LogP contribution in [0.15, 0.2) is 12.2 Å². The number of esters is 2. The molecule has 0 aromatic rings. The Kier molecular flexibility index (Phi) is 6.72. The van der Waals surface area contributed by atoms with E-state index in [0.29, 0.717) is 58.4 Å². The van der Waals surface area contributed by atoms with Gasteiger partial charge in [0.15, 0.2) is 0 Å². The number of ether oxygens (including phenoxy) is 2. The number of fused-ring (bicyclic) bond motifs is 7. The van der Waals surface area contributed by atoms with Crippen molar-refractivity contribution in [2.45, 2.75) is 119 Å². The van der Waals surface area contributed by atoms with Gasteiger partial charge in [0, 0.05) is 19.3 Å². The number of hydrogen-bond donors (Lipinski definition) is 0. The molecule has 0 saturated heterocycles. The molecular weight excluding hydrogens is 460 g/mol. The van der Waals surface area contributed by atoms with Crippen molar-refractivity contribution in [3.8, 4) is 0 Å². The average Bonchev–Trinajstić information content (AvgIpc) is 3.20. The minimum Gasteiger partial charge on any atom is -0.465 e. The zero-order valence-electron chi connectivity index (χ0n) is 24.7. The molecule has 5 aliphatic rings. The first kappa shape index (κ1) is 27.3. The van der Waals surface area contributed by atoms with E-state index in [1.54, 1.807) is 13.8 Å². The molecule has 5 fully saturated rings. The molecule has 5 aliphatic carbocycles. The van der Waals surface area contributed by atoms with Crippen molar-refractivity contribution in [1.29, 1.82) is 0 Å². The lowest BCUT2D eigenvalue weighted by molar-refractivity contribution is -0.239. The maximum atomic E-state index is 11.9. The van der Waals surface area contributed by atoms with E-state index in [1.807, 2.05) is 0 Å². The van der Waals surface area contributed by atoms with Gasteiger partial charge in [0.05, 0.1) is 6.61 Å². The first-order valence-corrected chi connectivity index (χ1v) is 15.2. The molecule has 0 aromatic carbocycles. The highest BCUT2D eigenvalue weighted by Crippen LogP contribution is 2.76. The molecule has 0 radical (unpaired) electrons. The third-order valence-corrected chi connectivity index (χ3v) is 13.6. The van der Waals surface area contributed by atoms with Gasteiger partial charge in [-0.05, 0) is 123 Å². The second-order valence-electron chi connectivity index (χ2n) is 14.9. The molecule has 5 saturated carbocycles. The second-order valence-corrected chi connectivity index (χ2v) is 14.9. The van der Waals surface area contributed by atoms with Crippen LogP contribution in [0.5, 0.6) is 0 Å². The maximum absolute atomic E-state index is 11.9. The third kappa shape index (κ3) is 3.88. The van der Waals surface area contributed by atoms with Gasteiger partial charge in [-0.3, -0.25) is 9.59 Å². The summed E-state index contributed by atoms with van der Waals surface area (Å²) in [6.07, 6.45) is 12.2. The molecule has 0 N–H and O–H groups in total. The summed E-state index contributed by atoms with van der Waals surface area (Å²) in [7, 11) is 0. The zero-order valence-corrected chi connectivity index (χ0v) is 24.7. The molecule has 4 heteroatoms. The minimum absolute atomic E-state index is 0.0817. The van der Waals surface area contributed by atoms with Crippen molar-refractivity contribution in [2.75, 3.05) is 6.61 Å². The molecule has 208 valence electrons. The lowest BCUT2D eigenvalue weighted by Gasteiger charge is -2.72. The summed E-state index contributed by atoms with van der Waals surface area (Å²) in [4.78, 5) is 23.7. The highest BCUT2D eigenvalue weighted by atomic mass is 16.5. The van der Waals surface area contributed by atoms with E-state index in [9.17, 15) is 9.59 Å². The normalized spacial score (nSPS) is 50.6. The Morgan fingerprint density at radius 2 is 1.54 bits per heavy atom. The third-order valence-electron chi connectivity index (χ3n) is 13.6. The molecule has 0 amide bonds. The van der Waals surface area contributed by atoms with E-state index < -0.39 is 0 Å². The van der Waals surface area contributed by atoms with Crippen LogP contribution in [0.1, 0.15) is 113 Å². The molecule has 0 aliphatic heterocycles. The van der Waals surface area contributed by atoms with Gasteiger partial charge < -0.3 is 9.47 Å². The van der Waals surface area contributed by atoms with Crippen LogP contribution in [0.25, 0.3) is 0 Å². The number of hydrogen-bond acceptors (Lipinski definition) is 4. The van der Waals surface area contributed by atoms with Crippen LogP contribution < -0.4 is 0 Å². The number of allylic oxidation sites excluding steroid dienone is 1. The van der Waals surface area contributed by atoms with Crippen LogP contribution in [0, 0.1) is 57.2 Å². The molecule has 0 unspecified atom stereocenters. The quantitative estimate of drug-likeness (QED) is 0.285. The summed E-state index contributed by atoms with van der Waals surface area (Å²) in [5.74, 6) is 3.30. The van der Waals surface area contributed by atoms with Crippen LogP contribution in [0.3, 0.4) is 0 Å². The first-order chi connectivity index (χ1) is 17.3. The van der Waals surface area contributed by atoms with Gasteiger partial charge >= 0.3 is 11.9 Å². The number of carbonyl (C=O) groups is 2. The Balaban J connectivity index is 1.47. The molecule has 0 bridgehead atoms. The van der Waals surface area contributed by atoms with E-state index in [0.717, 1.165) is 6.42 Å². The Morgan fingerprint density at radius 3 is 2.19 bits per heavy atom. The summed E-state index contributed by atoms with van der Waals surface area (Å²) >= 11 is 0. The first-order valence-electron chi connectivity index (χ1n) is 15.2. The lowest BCUT2D eigenvalue weighted by Crippen LogP contribution is -2.65. The lowest BCUT2D eigenvalue weighted by atomic mass is 9.33. The van der Waals surface area contributed by atoms with Gasteiger partial charge in [0.2, 0.25) is 0 Å². The summed E-state index contributed by atoms with van der Waals surface area (Å²) in [5, 5.41) is 0. The van der Waals surface area contributed by atoms with E-state index in [4.69, 9.17) is 9.47 Å². The van der Waals surface area contributed by atoms with Crippen LogP contribution in [-0.4, -0.2) is 24.6 Å². The number of carbonyl (C=O) groups excluding carboxylic acids is 2. The Bertz CT molecular complexity index is 956. The smallest absolute Gasteiger partial charge is 0.302 e. The predicted molar refractivity (Wildman–Crippen MR) is 147 cm³/mol.